The fourth-order valence-corrected chi connectivity index (χ4v) is 15.1. The van der Waals surface area contributed by atoms with Crippen LogP contribution in [0.4, 0.5) is 0 Å². The molecular weight excluding hydrogens is 760 g/mol. The Bertz CT molecular complexity index is 1880. The van der Waals surface area contributed by atoms with Gasteiger partial charge in [-0.3, -0.25) is 19.2 Å². The summed E-state index contributed by atoms with van der Waals surface area (Å²) >= 11 is 6.23. The van der Waals surface area contributed by atoms with Crippen LogP contribution in [-0.4, -0.2) is 71.8 Å². The van der Waals surface area contributed by atoms with Gasteiger partial charge < -0.3 is 19.6 Å². The Morgan fingerprint density at radius 1 is 0.831 bits per heavy atom. The highest BCUT2D eigenvalue weighted by Gasteiger charge is 2.70. The number of fused-ring (bicyclic) bond motifs is 7. The molecule has 6 aliphatic rings. The number of hydrogen-bond donors (Lipinski definition) is 1. The molecule has 59 heavy (non-hydrogen) atoms. The number of hydrogen-bond acceptors (Lipinski definition) is 6. The number of halogens is 1. The van der Waals surface area contributed by atoms with Crippen molar-refractivity contribution >= 4 is 35.2 Å². The molecule has 1 N–H and O–H groups in total. The predicted octanol–water partition coefficient (Wildman–Crippen LogP) is 10.3. The number of carboxylic acids is 1. The van der Waals surface area contributed by atoms with E-state index in [1.807, 2.05) is 57.1 Å². The number of carboxylic acid groups (broad SMARTS) is 1. The van der Waals surface area contributed by atoms with Crippen LogP contribution in [0.25, 0.3) is 0 Å². The summed E-state index contributed by atoms with van der Waals surface area (Å²) in [7, 11) is 4.08. The summed E-state index contributed by atoms with van der Waals surface area (Å²) in [5, 5.41) is 10.4. The molecule has 1 aromatic rings. The van der Waals surface area contributed by atoms with Crippen molar-refractivity contribution in [2.45, 2.75) is 146 Å². The first-order chi connectivity index (χ1) is 27.4. The van der Waals surface area contributed by atoms with Crippen molar-refractivity contribution in [2.75, 3.05) is 27.2 Å². The number of carbonyl (C=O) groups excluding carboxylic acids is 3. The zero-order valence-corrected chi connectivity index (χ0v) is 38.8. The molecule has 6 aliphatic carbocycles. The van der Waals surface area contributed by atoms with Crippen LogP contribution in [0.15, 0.2) is 35.4 Å². The lowest BCUT2D eigenvalue weighted by molar-refractivity contribution is -0.236. The van der Waals surface area contributed by atoms with Crippen LogP contribution >= 0.6 is 11.6 Å². The van der Waals surface area contributed by atoms with Gasteiger partial charge >= 0.3 is 11.9 Å². The summed E-state index contributed by atoms with van der Waals surface area (Å²) in [5.74, 6) is -0.332. The van der Waals surface area contributed by atoms with Crippen LogP contribution in [0.2, 0.25) is 5.02 Å². The van der Waals surface area contributed by atoms with Crippen molar-refractivity contribution in [3.8, 4) is 0 Å². The molecule has 0 spiro atoms. The maximum absolute atomic E-state index is 14.7. The number of ether oxygens (including phenoxy) is 1. The summed E-state index contributed by atoms with van der Waals surface area (Å²) in [5.41, 5.74) is 2.23. The Labute approximate surface area is 359 Å². The number of nitrogens with zero attached hydrogens (tertiary/aromatic N) is 2. The van der Waals surface area contributed by atoms with E-state index in [9.17, 15) is 24.3 Å². The molecule has 10 atom stereocenters. The molecule has 5 saturated carbocycles. The number of allylic oxidation sites excluding steroid dienone is 2. The number of esters is 1. The lowest BCUT2D eigenvalue weighted by Crippen LogP contribution is -2.66. The molecule has 0 bridgehead atoms. The van der Waals surface area contributed by atoms with Gasteiger partial charge in [0.2, 0.25) is 5.91 Å². The van der Waals surface area contributed by atoms with Crippen LogP contribution in [0, 0.1) is 68.0 Å². The third-order valence-electron chi connectivity index (χ3n) is 18.6. The Balaban J connectivity index is 1.15. The van der Waals surface area contributed by atoms with Gasteiger partial charge in [-0.1, -0.05) is 91.6 Å². The molecule has 1 amide bonds. The minimum atomic E-state index is -0.831. The number of amides is 1. The molecule has 0 saturated heterocycles. The zero-order chi connectivity index (χ0) is 43.2. The van der Waals surface area contributed by atoms with Gasteiger partial charge in [-0.05, 0) is 140 Å². The van der Waals surface area contributed by atoms with Crippen LogP contribution in [0.3, 0.4) is 0 Å². The minimum Gasteiger partial charge on any atom is -0.481 e. The van der Waals surface area contributed by atoms with E-state index in [0.29, 0.717) is 49.2 Å². The Hall–Kier alpha value is -2.71. The summed E-state index contributed by atoms with van der Waals surface area (Å²) in [4.78, 5) is 58.7. The molecule has 326 valence electrons. The fourth-order valence-electron chi connectivity index (χ4n) is 14.9. The highest BCUT2D eigenvalue weighted by Crippen LogP contribution is 2.77. The van der Waals surface area contributed by atoms with Crippen molar-refractivity contribution in [1.82, 2.24) is 9.80 Å². The number of benzene rings is 1. The van der Waals surface area contributed by atoms with Crippen LogP contribution in [0.5, 0.6) is 0 Å². The van der Waals surface area contributed by atoms with Gasteiger partial charge in [0.25, 0.3) is 0 Å². The first-order valence-electron chi connectivity index (χ1n) is 22.8. The first kappa shape index (κ1) is 44.3. The number of likely N-dealkylation sites (N-methyl/N-ethyl adjacent to an activating group) is 1. The van der Waals surface area contributed by atoms with Crippen molar-refractivity contribution in [2.24, 2.45) is 68.0 Å². The normalized spacial score (nSPS) is 38.2. The summed E-state index contributed by atoms with van der Waals surface area (Å²) in [6, 6.07) is 7.79. The smallest absolute Gasteiger partial charge is 0.309 e. The van der Waals surface area contributed by atoms with Gasteiger partial charge in [0.1, 0.15) is 6.10 Å². The minimum absolute atomic E-state index is 0.0194. The molecule has 0 radical (unpaired) electrons. The number of rotatable bonds is 11. The molecule has 7 rings (SSSR count). The maximum Gasteiger partial charge on any atom is 0.309 e. The zero-order valence-electron chi connectivity index (χ0n) is 38.0. The highest BCUT2D eigenvalue weighted by molar-refractivity contribution is 6.30. The molecule has 0 aromatic heterocycles. The van der Waals surface area contributed by atoms with E-state index in [4.69, 9.17) is 16.3 Å². The third kappa shape index (κ3) is 7.04. The Morgan fingerprint density at radius 2 is 1.51 bits per heavy atom. The maximum atomic E-state index is 14.7. The first-order valence-corrected chi connectivity index (χ1v) is 23.2. The molecule has 9 heteroatoms. The second-order valence-electron chi connectivity index (χ2n) is 22.7. The molecule has 5 fully saturated rings. The molecule has 1 aromatic carbocycles. The van der Waals surface area contributed by atoms with Gasteiger partial charge in [-0.2, -0.15) is 0 Å². The van der Waals surface area contributed by atoms with E-state index in [2.05, 4.69) is 53.4 Å². The quantitative estimate of drug-likeness (QED) is 0.222. The molecule has 8 nitrogen and oxygen atoms in total. The lowest BCUT2D eigenvalue weighted by Gasteiger charge is -2.72. The van der Waals surface area contributed by atoms with Gasteiger partial charge in [-0.15, -0.1) is 0 Å². The monoisotopic (exact) mass is 833 g/mol. The molecule has 0 heterocycles. The lowest BCUT2D eigenvalue weighted by atomic mass is 9.33. The van der Waals surface area contributed by atoms with Crippen molar-refractivity contribution in [3.63, 3.8) is 0 Å². The highest BCUT2D eigenvalue weighted by atomic mass is 35.5. The number of Topliss-reactive ketones (excluding diaryl/α,β-unsaturated/α-hetero) is 1. The van der Waals surface area contributed by atoms with E-state index in [0.717, 1.165) is 69.0 Å². The average Bonchev–Trinajstić information content (AvgIpc) is 3.43. The van der Waals surface area contributed by atoms with E-state index >= 15 is 0 Å². The van der Waals surface area contributed by atoms with Crippen molar-refractivity contribution < 1.29 is 29.0 Å². The third-order valence-corrected chi connectivity index (χ3v) is 18.8. The standard InChI is InChI=1S/C50H73ClN2O6/c1-30(2)41-36(54)27-50(28-40(55)53(25-24-52(10)11)29-31-12-14-32(51)15-13-31)23-22-48(8)33(42(41)50)16-17-38-47(7)20-19-39(46(5,6)37(47)18-21-49(38,48)9)59-44(58)35-26-34(43(56)57)45(35,3)4/h12-15,30,33-35,37-39H,16-29H2,1-11H3,(H,56,57)/t33-,34+,35-,37+,38-,39+,47+,48-,49-,50+/m1/s1. The topological polar surface area (TPSA) is 104 Å². The Morgan fingerprint density at radius 3 is 2.12 bits per heavy atom. The molecular formula is C50H73ClN2O6. The molecule has 0 unspecified atom stereocenters. The van der Waals surface area contributed by atoms with Gasteiger partial charge in [0, 0.05) is 48.3 Å². The summed E-state index contributed by atoms with van der Waals surface area (Å²) in [6.45, 7) is 22.4. The fraction of sp³-hybridized carbons (Fsp3) is 0.760. The van der Waals surface area contributed by atoms with Gasteiger partial charge in [-0.25, -0.2) is 0 Å². The van der Waals surface area contributed by atoms with Crippen LogP contribution < -0.4 is 0 Å². The van der Waals surface area contributed by atoms with E-state index < -0.39 is 22.7 Å². The van der Waals surface area contributed by atoms with Crippen LogP contribution in [-0.2, 0) is 30.5 Å². The van der Waals surface area contributed by atoms with Crippen LogP contribution in [0.1, 0.15) is 139 Å². The van der Waals surface area contributed by atoms with Gasteiger partial charge in [0.05, 0.1) is 11.8 Å². The second kappa shape index (κ2) is 15.3. The average molecular weight is 834 g/mol. The second-order valence-corrected chi connectivity index (χ2v) is 23.1. The van der Waals surface area contributed by atoms with E-state index in [-0.39, 0.29) is 63.2 Å². The number of aliphatic carboxylic acids is 1. The summed E-state index contributed by atoms with van der Waals surface area (Å²) < 4.78 is 6.44. The molecule has 0 aliphatic heterocycles. The largest absolute Gasteiger partial charge is 0.481 e. The predicted molar refractivity (Wildman–Crippen MR) is 232 cm³/mol. The van der Waals surface area contributed by atoms with E-state index in [1.165, 1.54) is 5.57 Å². The Kier molecular flexibility index (Phi) is 11.5. The summed E-state index contributed by atoms with van der Waals surface area (Å²) in [6.07, 6.45) is 8.93. The van der Waals surface area contributed by atoms with Crippen molar-refractivity contribution in [1.29, 1.82) is 0 Å². The van der Waals surface area contributed by atoms with E-state index in [1.54, 1.807) is 0 Å². The number of carbonyl (C=O) groups is 4. The number of ketones is 1. The SMILES string of the molecule is CC(C)C1=C2[C@H]3CC[C@@H]4[C@@]5(C)CC[C@H](OC(=O)[C@H]6C[C@@H](C(=O)O)C6(C)C)C(C)(C)[C@@H]5CC[C@@]4(C)[C@]3(C)CC[C@@]2(CC(=O)N(CCN(C)C)Cc2ccc(Cl)cc2)CC1=O. The van der Waals surface area contributed by atoms with Gasteiger partial charge in [0.15, 0.2) is 5.78 Å². The van der Waals surface area contributed by atoms with Crippen molar-refractivity contribution in [3.05, 3.63) is 46.0 Å².